The minimum absolute atomic E-state index is 0.00592. The van der Waals surface area contributed by atoms with Crippen LogP contribution in [0.25, 0.3) is 11.6 Å². The molecule has 3 aromatic rings. The molecule has 1 fully saturated rings. The molecule has 1 aromatic heterocycles. The smallest absolute Gasteiger partial charge is 0.264 e. The van der Waals surface area contributed by atoms with Gasteiger partial charge in [-0.1, -0.05) is 24.3 Å². The van der Waals surface area contributed by atoms with E-state index < -0.39 is 10.0 Å². The number of aromatic amines is 1. The fourth-order valence-electron chi connectivity index (χ4n) is 5.71. The van der Waals surface area contributed by atoms with Crippen molar-refractivity contribution in [3.63, 3.8) is 0 Å². The second-order valence-corrected chi connectivity index (χ2v) is 12.3. The van der Waals surface area contributed by atoms with Gasteiger partial charge in [0.1, 0.15) is 0 Å². The van der Waals surface area contributed by atoms with Crippen molar-refractivity contribution >= 4 is 44.9 Å². The summed E-state index contributed by atoms with van der Waals surface area (Å²) in [5, 5.41) is 2.83. The summed E-state index contributed by atoms with van der Waals surface area (Å²) in [6.45, 7) is 7.18. The largest absolute Gasteiger partial charge is 0.358 e. The Morgan fingerprint density at radius 2 is 1.74 bits per heavy atom. The number of benzene rings is 2. The van der Waals surface area contributed by atoms with Gasteiger partial charge < -0.3 is 20.1 Å². The number of hydrogen-bond donors (Lipinski definition) is 2. The number of carbonyl (C=O) groups excluding carboxylic acids is 2. The number of amides is 2. The van der Waals surface area contributed by atoms with Gasteiger partial charge >= 0.3 is 0 Å². The fourth-order valence-corrected chi connectivity index (χ4v) is 7.24. The van der Waals surface area contributed by atoms with E-state index in [0.29, 0.717) is 59.8 Å². The molecule has 0 aliphatic carbocycles. The third-order valence-corrected chi connectivity index (χ3v) is 9.78. The van der Waals surface area contributed by atoms with Gasteiger partial charge in [0.15, 0.2) is 0 Å². The number of aromatic nitrogens is 1. The van der Waals surface area contributed by atoms with Crippen LogP contribution in [-0.4, -0.2) is 74.8 Å². The molecule has 2 aromatic carbocycles. The van der Waals surface area contributed by atoms with E-state index in [1.807, 2.05) is 50.1 Å². The molecule has 0 saturated carbocycles. The number of hydrogen-bond acceptors (Lipinski definition) is 5. The highest BCUT2D eigenvalue weighted by molar-refractivity contribution is 7.92. The molecule has 0 unspecified atom stereocenters. The summed E-state index contributed by atoms with van der Waals surface area (Å²) in [5.74, 6) is -0.321. The quantitative estimate of drug-likeness (QED) is 0.490. The maximum atomic E-state index is 13.5. The van der Waals surface area contributed by atoms with Crippen LogP contribution in [0.1, 0.15) is 38.4 Å². The number of carbonyl (C=O) groups is 2. The SMILES string of the molecule is Cc1[nH]c(/C=C2\C(=O)Nc3cc(S(=O)(=O)N4CCc5ccccc54)ccc32)c(C)c1C(=O)N1CCN(C)CC1. The maximum absolute atomic E-state index is 13.5. The van der Waals surface area contributed by atoms with Gasteiger partial charge in [0, 0.05) is 49.7 Å². The van der Waals surface area contributed by atoms with Crippen molar-refractivity contribution in [3.05, 3.63) is 76.1 Å². The average molecular weight is 546 g/mol. The van der Waals surface area contributed by atoms with E-state index in [9.17, 15) is 18.0 Å². The predicted octanol–water partition coefficient (Wildman–Crippen LogP) is 3.26. The highest BCUT2D eigenvalue weighted by atomic mass is 32.2. The van der Waals surface area contributed by atoms with Gasteiger partial charge in [-0.05, 0) is 62.7 Å². The van der Waals surface area contributed by atoms with Crippen LogP contribution in [0, 0.1) is 13.8 Å². The van der Waals surface area contributed by atoms with Crippen LogP contribution in [0.3, 0.4) is 0 Å². The molecule has 0 radical (unpaired) electrons. The summed E-state index contributed by atoms with van der Waals surface area (Å²) in [7, 11) is -1.74. The summed E-state index contributed by atoms with van der Waals surface area (Å²) in [6.07, 6.45) is 2.41. The van der Waals surface area contributed by atoms with E-state index in [-0.39, 0.29) is 16.7 Å². The lowest BCUT2D eigenvalue weighted by Gasteiger charge is -2.32. The number of sulfonamides is 1. The molecule has 0 spiro atoms. The summed E-state index contributed by atoms with van der Waals surface area (Å²) < 4.78 is 28.4. The molecule has 1 saturated heterocycles. The number of likely N-dealkylation sites (N-methyl/N-ethyl adjacent to an activating group) is 1. The van der Waals surface area contributed by atoms with Gasteiger partial charge in [0.25, 0.3) is 21.8 Å². The van der Waals surface area contributed by atoms with Gasteiger partial charge in [0.05, 0.1) is 27.4 Å². The Morgan fingerprint density at radius 1 is 1.00 bits per heavy atom. The van der Waals surface area contributed by atoms with E-state index >= 15 is 0 Å². The summed E-state index contributed by atoms with van der Waals surface area (Å²) in [4.78, 5) is 33.8. The number of rotatable bonds is 4. The molecule has 3 aliphatic heterocycles. The van der Waals surface area contributed by atoms with Crippen LogP contribution in [0.5, 0.6) is 0 Å². The van der Waals surface area contributed by atoms with Gasteiger partial charge in [0.2, 0.25) is 0 Å². The Bertz CT molecular complexity index is 1650. The molecular weight excluding hydrogens is 514 g/mol. The van der Waals surface area contributed by atoms with Crippen LogP contribution in [-0.2, 0) is 21.2 Å². The number of piperazine rings is 1. The standard InChI is InChI=1S/C29H31N5O4S/c1-18-24(30-19(2)27(18)29(36)33-14-12-32(3)13-15-33)17-23-22-9-8-21(16-25(22)31-28(23)35)39(37,38)34-11-10-20-6-4-5-7-26(20)34/h4-9,16-17,30H,10-15H2,1-3H3,(H,31,35)/b23-17-. The molecule has 39 heavy (non-hydrogen) atoms. The number of fused-ring (bicyclic) bond motifs is 2. The Hall–Kier alpha value is -3.89. The highest BCUT2D eigenvalue weighted by Crippen LogP contribution is 2.38. The molecule has 10 heteroatoms. The van der Waals surface area contributed by atoms with Crippen molar-refractivity contribution < 1.29 is 18.0 Å². The van der Waals surface area contributed by atoms with Crippen molar-refractivity contribution in [1.82, 2.24) is 14.8 Å². The van der Waals surface area contributed by atoms with Crippen molar-refractivity contribution in [2.45, 2.75) is 25.2 Å². The molecule has 0 atom stereocenters. The molecule has 3 aliphatic rings. The Labute approximate surface area is 228 Å². The fraction of sp³-hybridized carbons (Fsp3) is 0.310. The van der Waals surface area contributed by atoms with Crippen molar-refractivity contribution in [2.75, 3.05) is 49.4 Å². The molecule has 9 nitrogen and oxygen atoms in total. The first kappa shape index (κ1) is 25.4. The zero-order valence-corrected chi connectivity index (χ0v) is 23.1. The average Bonchev–Trinajstić information content (AvgIpc) is 3.57. The minimum Gasteiger partial charge on any atom is -0.358 e. The van der Waals surface area contributed by atoms with Gasteiger partial charge in [-0.2, -0.15) is 0 Å². The topological polar surface area (TPSA) is 106 Å². The van der Waals surface area contributed by atoms with E-state index in [2.05, 4.69) is 15.2 Å². The van der Waals surface area contributed by atoms with Crippen LogP contribution in [0.15, 0.2) is 47.4 Å². The van der Waals surface area contributed by atoms with Gasteiger partial charge in [-0.3, -0.25) is 13.9 Å². The second-order valence-electron chi connectivity index (χ2n) is 10.4. The molecular formula is C29H31N5O4S. The van der Waals surface area contributed by atoms with Gasteiger partial charge in [-0.15, -0.1) is 0 Å². The van der Waals surface area contributed by atoms with Crippen molar-refractivity contribution in [2.24, 2.45) is 0 Å². The molecule has 2 N–H and O–H groups in total. The Kier molecular flexibility index (Phi) is 6.11. The van der Waals surface area contributed by atoms with Crippen molar-refractivity contribution in [3.8, 4) is 0 Å². The highest BCUT2D eigenvalue weighted by Gasteiger charge is 2.33. The van der Waals surface area contributed by atoms with E-state index in [4.69, 9.17) is 0 Å². The lowest BCUT2D eigenvalue weighted by Crippen LogP contribution is -2.47. The zero-order valence-electron chi connectivity index (χ0n) is 22.2. The second kappa shape index (κ2) is 9.39. The number of anilines is 2. The molecule has 4 heterocycles. The third kappa shape index (κ3) is 4.24. The van der Waals surface area contributed by atoms with Crippen molar-refractivity contribution in [1.29, 1.82) is 0 Å². The van der Waals surface area contributed by atoms with Crippen LogP contribution in [0.4, 0.5) is 11.4 Å². The zero-order chi connectivity index (χ0) is 27.5. The van der Waals surface area contributed by atoms with Gasteiger partial charge in [-0.25, -0.2) is 8.42 Å². The predicted molar refractivity (Wildman–Crippen MR) is 151 cm³/mol. The molecule has 6 rings (SSSR count). The third-order valence-electron chi connectivity index (χ3n) is 7.98. The van der Waals surface area contributed by atoms with E-state index in [1.165, 1.54) is 10.4 Å². The summed E-state index contributed by atoms with van der Waals surface area (Å²) in [6, 6.07) is 12.3. The summed E-state index contributed by atoms with van der Waals surface area (Å²) in [5.41, 5.74) is 6.07. The Morgan fingerprint density at radius 3 is 2.51 bits per heavy atom. The first-order valence-corrected chi connectivity index (χ1v) is 14.5. The maximum Gasteiger partial charge on any atom is 0.264 e. The lowest BCUT2D eigenvalue weighted by atomic mass is 10.0. The minimum atomic E-state index is -3.79. The number of aryl methyl sites for hydroxylation is 1. The normalized spacial score (nSPS) is 18.4. The first-order chi connectivity index (χ1) is 18.6. The molecule has 2 amide bonds. The molecule has 0 bridgehead atoms. The van der Waals surface area contributed by atoms with Crippen LogP contribution >= 0.6 is 0 Å². The van der Waals surface area contributed by atoms with E-state index in [0.717, 1.165) is 29.9 Å². The van der Waals surface area contributed by atoms with Crippen LogP contribution in [0.2, 0.25) is 0 Å². The first-order valence-electron chi connectivity index (χ1n) is 13.1. The molecule has 202 valence electrons. The monoisotopic (exact) mass is 545 g/mol. The van der Waals surface area contributed by atoms with E-state index in [1.54, 1.807) is 18.2 Å². The summed E-state index contributed by atoms with van der Waals surface area (Å²) >= 11 is 0. The number of para-hydroxylation sites is 1. The van der Waals surface area contributed by atoms with Crippen LogP contribution < -0.4 is 9.62 Å². The number of nitrogens with one attached hydrogen (secondary N) is 2. The number of nitrogens with zero attached hydrogens (tertiary/aromatic N) is 3. The lowest BCUT2D eigenvalue weighted by molar-refractivity contribution is -0.110. The number of H-pyrrole nitrogens is 1. The Balaban J connectivity index is 1.30.